The third-order valence-electron chi connectivity index (χ3n) is 1.44. The lowest BCUT2D eigenvalue weighted by atomic mass is 10.3. The zero-order valence-corrected chi connectivity index (χ0v) is 8.91. The van der Waals surface area contributed by atoms with Gasteiger partial charge in [-0.1, -0.05) is 0 Å². The summed E-state index contributed by atoms with van der Waals surface area (Å²) in [6.07, 6.45) is 3.75. The van der Waals surface area contributed by atoms with Crippen LogP contribution in [0.1, 0.15) is 10.4 Å². The molecule has 13 heavy (non-hydrogen) atoms. The van der Waals surface area contributed by atoms with Gasteiger partial charge in [-0.25, -0.2) is 9.78 Å². The lowest BCUT2D eigenvalue weighted by Gasteiger charge is -2.01. The SMILES string of the molecule is CSc1cc(C(=O)O)cc(SC)n1. The lowest BCUT2D eigenvalue weighted by Crippen LogP contribution is -1.98. The predicted molar refractivity (Wildman–Crippen MR) is 54.8 cm³/mol. The fourth-order valence-corrected chi connectivity index (χ4v) is 1.74. The summed E-state index contributed by atoms with van der Waals surface area (Å²) in [4.78, 5) is 14.9. The molecule has 0 unspecified atom stereocenters. The van der Waals surface area contributed by atoms with E-state index >= 15 is 0 Å². The minimum atomic E-state index is -0.909. The zero-order chi connectivity index (χ0) is 9.84. The van der Waals surface area contributed by atoms with Gasteiger partial charge in [0.1, 0.15) is 0 Å². The van der Waals surface area contributed by atoms with Crippen LogP contribution in [-0.4, -0.2) is 28.6 Å². The van der Waals surface area contributed by atoms with Crippen LogP contribution in [-0.2, 0) is 0 Å². The second kappa shape index (κ2) is 4.53. The molecule has 0 aliphatic rings. The molecule has 0 aliphatic heterocycles. The van der Waals surface area contributed by atoms with Gasteiger partial charge in [0.05, 0.1) is 15.6 Å². The highest BCUT2D eigenvalue weighted by Crippen LogP contribution is 2.20. The van der Waals surface area contributed by atoms with Gasteiger partial charge in [0.15, 0.2) is 0 Å². The van der Waals surface area contributed by atoms with E-state index in [9.17, 15) is 4.79 Å². The maximum absolute atomic E-state index is 10.7. The number of carbonyl (C=O) groups is 1. The molecule has 0 radical (unpaired) electrons. The Balaban J connectivity index is 3.14. The number of carboxylic acid groups (broad SMARTS) is 1. The Morgan fingerprint density at radius 2 is 1.77 bits per heavy atom. The Morgan fingerprint density at radius 1 is 1.31 bits per heavy atom. The van der Waals surface area contributed by atoms with Gasteiger partial charge in [-0.15, -0.1) is 23.5 Å². The van der Waals surface area contributed by atoms with Gasteiger partial charge in [-0.05, 0) is 24.6 Å². The van der Waals surface area contributed by atoms with Gasteiger partial charge in [-0.2, -0.15) is 0 Å². The smallest absolute Gasteiger partial charge is 0.335 e. The molecular weight excluding hydrogens is 206 g/mol. The van der Waals surface area contributed by atoms with Crippen LogP contribution in [0.5, 0.6) is 0 Å². The highest BCUT2D eigenvalue weighted by Gasteiger charge is 2.06. The molecule has 70 valence electrons. The van der Waals surface area contributed by atoms with Crippen LogP contribution in [0.15, 0.2) is 22.2 Å². The van der Waals surface area contributed by atoms with Crippen LogP contribution in [0.2, 0.25) is 0 Å². The first-order chi connectivity index (χ1) is 6.17. The van der Waals surface area contributed by atoms with Gasteiger partial charge >= 0.3 is 5.97 Å². The monoisotopic (exact) mass is 215 g/mol. The number of nitrogens with zero attached hydrogens (tertiary/aromatic N) is 1. The van der Waals surface area contributed by atoms with Crippen molar-refractivity contribution in [2.24, 2.45) is 0 Å². The number of thioether (sulfide) groups is 2. The number of carboxylic acids is 1. The molecule has 5 heteroatoms. The number of pyridine rings is 1. The van der Waals surface area contributed by atoms with Crippen LogP contribution in [0.25, 0.3) is 0 Å². The molecule has 0 bridgehead atoms. The summed E-state index contributed by atoms with van der Waals surface area (Å²) in [5.74, 6) is -0.909. The molecule has 0 saturated heterocycles. The van der Waals surface area contributed by atoms with Crippen molar-refractivity contribution in [3.05, 3.63) is 17.7 Å². The fraction of sp³-hybridized carbons (Fsp3) is 0.250. The van der Waals surface area contributed by atoms with Gasteiger partial charge in [0, 0.05) is 0 Å². The first-order valence-corrected chi connectivity index (χ1v) is 5.95. The second-order valence-corrected chi connectivity index (χ2v) is 3.90. The molecule has 1 aromatic heterocycles. The van der Waals surface area contributed by atoms with Gasteiger partial charge in [-0.3, -0.25) is 0 Å². The minimum absolute atomic E-state index is 0.295. The maximum Gasteiger partial charge on any atom is 0.335 e. The van der Waals surface area contributed by atoms with E-state index in [-0.39, 0.29) is 0 Å². The van der Waals surface area contributed by atoms with Crippen LogP contribution in [0, 0.1) is 0 Å². The summed E-state index contributed by atoms with van der Waals surface area (Å²) in [7, 11) is 0. The molecule has 1 rings (SSSR count). The topological polar surface area (TPSA) is 50.2 Å². The van der Waals surface area contributed by atoms with Crippen molar-refractivity contribution >= 4 is 29.5 Å². The van der Waals surface area contributed by atoms with Crippen molar-refractivity contribution in [1.82, 2.24) is 4.98 Å². The Kier molecular flexibility index (Phi) is 3.62. The standard InChI is InChI=1S/C8H9NO2S2/c1-12-6-3-5(8(10)11)4-7(9-6)13-2/h3-4H,1-2H3,(H,10,11). The van der Waals surface area contributed by atoms with Crippen molar-refractivity contribution in [1.29, 1.82) is 0 Å². The van der Waals surface area contributed by atoms with Gasteiger partial charge < -0.3 is 5.11 Å². The van der Waals surface area contributed by atoms with Gasteiger partial charge in [0.25, 0.3) is 0 Å². The average molecular weight is 215 g/mol. The van der Waals surface area contributed by atoms with E-state index in [4.69, 9.17) is 5.11 Å². The summed E-state index contributed by atoms with van der Waals surface area (Å²) in [6, 6.07) is 3.15. The van der Waals surface area contributed by atoms with E-state index in [1.54, 1.807) is 12.1 Å². The molecule has 0 saturated carbocycles. The third kappa shape index (κ3) is 2.63. The number of hydrogen-bond acceptors (Lipinski definition) is 4. The largest absolute Gasteiger partial charge is 0.478 e. The highest BCUT2D eigenvalue weighted by atomic mass is 32.2. The normalized spacial score (nSPS) is 10.0. The Morgan fingerprint density at radius 3 is 2.08 bits per heavy atom. The summed E-state index contributed by atoms with van der Waals surface area (Å²) in [6.45, 7) is 0. The zero-order valence-electron chi connectivity index (χ0n) is 7.27. The Bertz CT molecular complexity index is 306. The number of rotatable bonds is 3. The first-order valence-electron chi connectivity index (χ1n) is 3.50. The molecule has 1 heterocycles. The highest BCUT2D eigenvalue weighted by molar-refractivity contribution is 7.99. The molecule has 1 aromatic rings. The average Bonchev–Trinajstić information content (AvgIpc) is 2.16. The number of aromatic nitrogens is 1. The summed E-state index contributed by atoms with van der Waals surface area (Å²) >= 11 is 2.88. The van der Waals surface area contributed by atoms with E-state index in [0.717, 1.165) is 10.1 Å². The summed E-state index contributed by atoms with van der Waals surface area (Å²) < 4.78 is 0. The van der Waals surface area contributed by atoms with Crippen molar-refractivity contribution in [3.63, 3.8) is 0 Å². The second-order valence-electron chi connectivity index (χ2n) is 2.25. The molecule has 0 amide bonds. The number of hydrogen-bond donors (Lipinski definition) is 1. The minimum Gasteiger partial charge on any atom is -0.478 e. The van der Waals surface area contributed by atoms with Crippen LogP contribution in [0.3, 0.4) is 0 Å². The predicted octanol–water partition coefficient (Wildman–Crippen LogP) is 2.22. The van der Waals surface area contributed by atoms with Crippen LogP contribution < -0.4 is 0 Å². The van der Waals surface area contributed by atoms with Crippen LogP contribution >= 0.6 is 23.5 Å². The molecule has 0 atom stereocenters. The van der Waals surface area contributed by atoms with Crippen molar-refractivity contribution < 1.29 is 9.90 Å². The summed E-state index contributed by atoms with van der Waals surface area (Å²) in [5.41, 5.74) is 0.295. The molecule has 0 aromatic carbocycles. The van der Waals surface area contributed by atoms with Crippen molar-refractivity contribution in [2.75, 3.05) is 12.5 Å². The van der Waals surface area contributed by atoms with E-state index in [0.29, 0.717) is 5.56 Å². The van der Waals surface area contributed by atoms with E-state index in [2.05, 4.69) is 4.98 Å². The summed E-state index contributed by atoms with van der Waals surface area (Å²) in [5, 5.41) is 10.3. The molecule has 3 nitrogen and oxygen atoms in total. The number of aromatic carboxylic acids is 1. The van der Waals surface area contributed by atoms with Crippen LogP contribution in [0.4, 0.5) is 0 Å². The molecule has 0 spiro atoms. The third-order valence-corrected chi connectivity index (χ3v) is 2.70. The van der Waals surface area contributed by atoms with E-state index < -0.39 is 5.97 Å². The Hall–Kier alpha value is -0.680. The first kappa shape index (κ1) is 10.4. The molecule has 0 aliphatic carbocycles. The van der Waals surface area contributed by atoms with E-state index in [1.807, 2.05) is 12.5 Å². The van der Waals surface area contributed by atoms with E-state index in [1.165, 1.54) is 23.5 Å². The quantitative estimate of drug-likeness (QED) is 0.783. The van der Waals surface area contributed by atoms with Crippen molar-refractivity contribution in [3.8, 4) is 0 Å². The fourth-order valence-electron chi connectivity index (χ4n) is 0.813. The lowest BCUT2D eigenvalue weighted by molar-refractivity contribution is 0.0696. The Labute approximate surface area is 84.9 Å². The molecule has 0 fully saturated rings. The molecule has 1 N–H and O–H groups in total. The van der Waals surface area contributed by atoms with Gasteiger partial charge in [0.2, 0.25) is 0 Å². The molecular formula is C8H9NO2S2. The maximum atomic E-state index is 10.7. The van der Waals surface area contributed by atoms with Crippen molar-refractivity contribution in [2.45, 2.75) is 10.1 Å².